The zero-order valence-electron chi connectivity index (χ0n) is 16.0. The Balaban J connectivity index is 1.97. The van der Waals surface area contributed by atoms with Gasteiger partial charge >= 0.3 is 5.97 Å². The second-order valence-electron chi connectivity index (χ2n) is 6.18. The summed E-state index contributed by atoms with van der Waals surface area (Å²) < 4.78 is 15.4. The molecule has 0 unspecified atom stereocenters. The molecule has 1 aliphatic rings. The number of non-ortho nitro benzene ring substituents is 1. The highest BCUT2D eigenvalue weighted by Crippen LogP contribution is 2.25. The molecule has 9 nitrogen and oxygen atoms in total. The van der Waals surface area contributed by atoms with Crippen LogP contribution in [0.4, 0.5) is 5.69 Å². The van der Waals surface area contributed by atoms with Gasteiger partial charge in [-0.2, -0.15) is 0 Å². The van der Waals surface area contributed by atoms with Crippen LogP contribution in [0.3, 0.4) is 0 Å². The van der Waals surface area contributed by atoms with E-state index in [9.17, 15) is 19.7 Å². The third-order valence-electron chi connectivity index (χ3n) is 4.26. The first-order chi connectivity index (χ1) is 14.5. The molecule has 2 aromatic carbocycles. The number of hydrogen-bond donors (Lipinski definition) is 1. The summed E-state index contributed by atoms with van der Waals surface area (Å²) in [5, 5.41) is 13.4. The molecule has 0 atom stereocenters. The number of carbonyl (C=O) groups excluding carboxylic acids is 2. The van der Waals surface area contributed by atoms with Gasteiger partial charge in [-0.15, -0.1) is 0 Å². The van der Waals surface area contributed by atoms with Crippen LogP contribution < -0.4 is 5.32 Å². The van der Waals surface area contributed by atoms with E-state index in [1.54, 1.807) is 0 Å². The van der Waals surface area contributed by atoms with E-state index in [0.717, 1.165) is 5.56 Å². The number of amides is 1. The fourth-order valence-electron chi connectivity index (χ4n) is 2.77. The normalized spacial score (nSPS) is 13.3. The van der Waals surface area contributed by atoms with Crippen LogP contribution in [0.2, 0.25) is 0 Å². The maximum absolute atomic E-state index is 12.7. The van der Waals surface area contributed by atoms with Gasteiger partial charge in [-0.05, 0) is 17.7 Å². The zero-order chi connectivity index (χ0) is 21.5. The molecule has 0 saturated heterocycles. The van der Waals surface area contributed by atoms with E-state index < -0.39 is 16.8 Å². The summed E-state index contributed by atoms with van der Waals surface area (Å²) >= 11 is 0. The summed E-state index contributed by atoms with van der Waals surface area (Å²) in [6.07, 6.45) is 1.63. The predicted molar refractivity (Wildman–Crippen MR) is 105 cm³/mol. The molecule has 0 saturated carbocycles. The van der Waals surface area contributed by atoms with Crippen LogP contribution in [0.5, 0.6) is 0 Å². The number of methoxy groups -OCH3 is 1. The van der Waals surface area contributed by atoms with Gasteiger partial charge in [0.25, 0.3) is 11.6 Å². The molecule has 30 heavy (non-hydrogen) atoms. The molecular weight excluding hydrogens is 392 g/mol. The second-order valence-corrected chi connectivity index (χ2v) is 6.18. The largest absolute Gasteiger partial charge is 0.464 e. The van der Waals surface area contributed by atoms with Crippen LogP contribution in [0.15, 0.2) is 77.9 Å². The van der Waals surface area contributed by atoms with Gasteiger partial charge in [-0.3, -0.25) is 14.9 Å². The summed E-state index contributed by atoms with van der Waals surface area (Å²) in [6.45, 7) is -0.0155. The van der Waals surface area contributed by atoms with Crippen LogP contribution in [-0.4, -0.2) is 30.7 Å². The molecule has 0 radical (unpaired) electrons. The minimum Gasteiger partial charge on any atom is -0.464 e. The lowest BCUT2D eigenvalue weighted by atomic mass is 10.0. The lowest BCUT2D eigenvalue weighted by molar-refractivity contribution is -0.384. The Morgan fingerprint density at radius 1 is 1.13 bits per heavy atom. The average Bonchev–Trinajstić information content (AvgIpc) is 3.31. The Morgan fingerprint density at radius 3 is 2.40 bits per heavy atom. The number of nitrogens with zero attached hydrogens (tertiary/aromatic N) is 1. The second kappa shape index (κ2) is 9.37. The first kappa shape index (κ1) is 20.6. The predicted octanol–water partition coefficient (Wildman–Crippen LogP) is 2.84. The van der Waals surface area contributed by atoms with Gasteiger partial charge < -0.3 is 19.5 Å². The molecule has 1 heterocycles. The minimum absolute atomic E-state index is 0.0155. The van der Waals surface area contributed by atoms with Crippen molar-refractivity contribution in [1.82, 2.24) is 5.32 Å². The summed E-state index contributed by atoms with van der Waals surface area (Å²) in [4.78, 5) is 35.5. The fraction of sp³-hybridized carbons (Fsp3) is 0.143. The van der Waals surface area contributed by atoms with E-state index >= 15 is 0 Å². The van der Waals surface area contributed by atoms with Crippen LogP contribution in [-0.2, 0) is 25.4 Å². The number of nitro groups is 1. The number of benzene rings is 2. The fourth-order valence-corrected chi connectivity index (χ4v) is 2.77. The van der Waals surface area contributed by atoms with Crippen molar-refractivity contribution in [3.05, 3.63) is 99.1 Å². The van der Waals surface area contributed by atoms with Crippen molar-refractivity contribution in [3.8, 4) is 0 Å². The Morgan fingerprint density at radius 2 is 1.83 bits per heavy atom. The number of esters is 1. The highest BCUT2D eigenvalue weighted by atomic mass is 16.7. The van der Waals surface area contributed by atoms with Gasteiger partial charge in [-0.1, -0.05) is 30.3 Å². The Labute approximate surface area is 171 Å². The maximum Gasteiger partial charge on any atom is 0.355 e. The van der Waals surface area contributed by atoms with Crippen LogP contribution in [0.1, 0.15) is 15.9 Å². The molecule has 0 aliphatic carbocycles. The van der Waals surface area contributed by atoms with Crippen LogP contribution in [0.25, 0.3) is 0 Å². The summed E-state index contributed by atoms with van der Waals surface area (Å²) in [5.74, 6) is -1.11. The highest BCUT2D eigenvalue weighted by Gasteiger charge is 2.25. The molecule has 0 aromatic heterocycles. The summed E-state index contributed by atoms with van der Waals surface area (Å²) in [6, 6.07) is 14.3. The van der Waals surface area contributed by atoms with E-state index in [0.29, 0.717) is 11.3 Å². The van der Waals surface area contributed by atoms with Gasteiger partial charge in [0.05, 0.1) is 12.0 Å². The molecule has 1 amide bonds. The molecule has 0 bridgehead atoms. The van der Waals surface area contributed by atoms with Crippen LogP contribution >= 0.6 is 0 Å². The highest BCUT2D eigenvalue weighted by molar-refractivity contribution is 6.01. The van der Waals surface area contributed by atoms with Gasteiger partial charge in [-0.25, -0.2) is 4.79 Å². The number of rotatable bonds is 7. The third kappa shape index (κ3) is 4.82. The molecular formula is C21H18N2O7. The number of nitrogens with one attached hydrogen (secondary N) is 1. The van der Waals surface area contributed by atoms with Crippen molar-refractivity contribution in [3.63, 3.8) is 0 Å². The first-order valence-corrected chi connectivity index (χ1v) is 8.85. The SMILES string of the molecule is COC(=O)C(NC(=O)c1ccc([N+](=O)[O-])cc1)=C(Cc1ccccc1)C1=COCO1. The first-order valence-electron chi connectivity index (χ1n) is 8.85. The molecule has 154 valence electrons. The van der Waals surface area contributed by atoms with Gasteiger partial charge in [0.2, 0.25) is 6.79 Å². The average molecular weight is 410 g/mol. The van der Waals surface area contributed by atoms with Crippen molar-refractivity contribution < 1.29 is 28.7 Å². The van der Waals surface area contributed by atoms with Gasteiger partial charge in [0.1, 0.15) is 12.0 Å². The van der Waals surface area contributed by atoms with Crippen LogP contribution in [0, 0.1) is 10.1 Å². The topological polar surface area (TPSA) is 117 Å². The van der Waals surface area contributed by atoms with Gasteiger partial charge in [0, 0.05) is 29.7 Å². The standard InChI is InChI=1S/C21H18N2O7/c1-28-21(25)19(22-20(24)15-7-9-16(10-8-15)23(26)27)17(18-12-29-13-30-18)11-14-5-3-2-4-6-14/h2-10,12H,11,13H2,1H3,(H,22,24). The number of hydrogen-bond acceptors (Lipinski definition) is 7. The van der Waals surface area contributed by atoms with E-state index in [2.05, 4.69) is 5.32 Å². The van der Waals surface area contributed by atoms with E-state index in [-0.39, 0.29) is 30.2 Å². The maximum atomic E-state index is 12.7. The number of carbonyl (C=O) groups is 2. The molecule has 9 heteroatoms. The molecule has 1 aliphatic heterocycles. The molecule has 0 fully saturated rings. The third-order valence-corrected chi connectivity index (χ3v) is 4.26. The monoisotopic (exact) mass is 410 g/mol. The summed E-state index contributed by atoms with van der Waals surface area (Å²) in [5.41, 5.74) is 1.12. The summed E-state index contributed by atoms with van der Waals surface area (Å²) in [7, 11) is 1.20. The van der Waals surface area contributed by atoms with Crippen molar-refractivity contribution in [2.45, 2.75) is 6.42 Å². The van der Waals surface area contributed by atoms with E-state index in [1.165, 1.54) is 37.6 Å². The van der Waals surface area contributed by atoms with Crippen molar-refractivity contribution in [1.29, 1.82) is 0 Å². The van der Waals surface area contributed by atoms with Crippen molar-refractivity contribution >= 4 is 17.6 Å². The number of ether oxygens (including phenoxy) is 3. The minimum atomic E-state index is -0.771. The Hall–Kier alpha value is -4.14. The number of nitro benzene ring substituents is 1. The van der Waals surface area contributed by atoms with Crippen molar-refractivity contribution in [2.75, 3.05) is 13.9 Å². The smallest absolute Gasteiger partial charge is 0.355 e. The molecule has 2 aromatic rings. The van der Waals surface area contributed by atoms with E-state index in [1.807, 2.05) is 30.3 Å². The quantitative estimate of drug-likeness (QED) is 0.323. The molecule has 1 N–H and O–H groups in total. The van der Waals surface area contributed by atoms with E-state index in [4.69, 9.17) is 14.2 Å². The number of allylic oxidation sites excluding steroid dienone is 1. The Kier molecular flexibility index (Phi) is 6.43. The Bertz CT molecular complexity index is 1010. The van der Waals surface area contributed by atoms with Gasteiger partial charge in [0.15, 0.2) is 5.76 Å². The lowest BCUT2D eigenvalue weighted by Gasteiger charge is -2.15. The van der Waals surface area contributed by atoms with Crippen molar-refractivity contribution in [2.24, 2.45) is 0 Å². The molecule has 0 spiro atoms. The zero-order valence-corrected chi connectivity index (χ0v) is 16.0. The molecule has 3 rings (SSSR count). The lowest BCUT2D eigenvalue weighted by Crippen LogP contribution is -2.30.